The minimum absolute atomic E-state index is 0.0406. The molecule has 0 spiro atoms. The second-order valence-electron chi connectivity index (χ2n) is 7.36. The first-order valence-electron chi connectivity index (χ1n) is 9.52. The minimum atomic E-state index is -0.701. The van der Waals surface area contributed by atoms with Gasteiger partial charge in [-0.1, -0.05) is 12.1 Å². The van der Waals surface area contributed by atoms with Crippen LogP contribution >= 0.6 is 0 Å². The summed E-state index contributed by atoms with van der Waals surface area (Å²) in [7, 11) is 0. The molecule has 1 aliphatic heterocycles. The topological polar surface area (TPSA) is 135 Å². The van der Waals surface area contributed by atoms with Gasteiger partial charge in [0, 0.05) is 31.1 Å². The number of nitrogens with zero attached hydrogens (tertiary/aromatic N) is 4. The molecule has 1 fully saturated rings. The molecule has 0 unspecified atom stereocenters. The molecule has 1 amide bonds. The SMILES string of the molecule is Cc1c([N+](=O)[O-])cc(C(=O)N2CCC(c3nc4ccccc4[nH]3)CC2)cc1[N+](=O)[O-]. The largest absolute Gasteiger partial charge is 0.342 e. The second kappa shape index (κ2) is 7.54. The standard InChI is InChI=1S/C20H19N5O5/c1-12-17(24(27)28)10-14(11-18(12)25(29)30)20(26)23-8-6-13(7-9-23)19-21-15-4-2-3-5-16(15)22-19/h2-5,10-11,13H,6-9H2,1H3,(H,21,22). The molecule has 1 aliphatic rings. The first-order chi connectivity index (χ1) is 14.3. The van der Waals surface area contributed by atoms with Gasteiger partial charge in [0.1, 0.15) is 11.4 Å². The predicted molar refractivity (Wildman–Crippen MR) is 108 cm³/mol. The second-order valence-corrected chi connectivity index (χ2v) is 7.36. The highest BCUT2D eigenvalue weighted by Gasteiger charge is 2.30. The van der Waals surface area contributed by atoms with Crippen LogP contribution in [-0.4, -0.2) is 43.7 Å². The number of imidazole rings is 1. The van der Waals surface area contributed by atoms with E-state index in [-0.39, 0.29) is 17.0 Å². The lowest BCUT2D eigenvalue weighted by atomic mass is 9.95. The molecule has 3 aromatic rings. The Bertz CT molecular complexity index is 1100. The number of fused-ring (bicyclic) bond motifs is 1. The van der Waals surface area contributed by atoms with Gasteiger partial charge in [-0.25, -0.2) is 4.98 Å². The summed E-state index contributed by atoms with van der Waals surface area (Å²) in [6.45, 7) is 2.19. The Hall–Kier alpha value is -3.82. The van der Waals surface area contributed by atoms with Gasteiger partial charge in [0.15, 0.2) is 0 Å². The number of aromatic amines is 1. The summed E-state index contributed by atoms with van der Waals surface area (Å²) < 4.78 is 0. The number of nitro benzene ring substituents is 2. The van der Waals surface area contributed by atoms with Crippen molar-refractivity contribution in [3.63, 3.8) is 0 Å². The van der Waals surface area contributed by atoms with Crippen molar-refractivity contribution in [2.45, 2.75) is 25.7 Å². The maximum Gasteiger partial charge on any atom is 0.279 e. The predicted octanol–water partition coefficient (Wildman–Crippen LogP) is 3.71. The summed E-state index contributed by atoms with van der Waals surface area (Å²) in [5, 5.41) is 22.5. The molecule has 0 aliphatic carbocycles. The van der Waals surface area contributed by atoms with Gasteiger partial charge in [0.2, 0.25) is 0 Å². The molecule has 10 nitrogen and oxygen atoms in total. The Kier molecular flexibility index (Phi) is 4.90. The monoisotopic (exact) mass is 409 g/mol. The summed E-state index contributed by atoms with van der Waals surface area (Å²) in [5.41, 5.74) is 0.899. The number of benzene rings is 2. The molecule has 154 valence electrons. The van der Waals surface area contributed by atoms with E-state index in [1.807, 2.05) is 24.3 Å². The number of likely N-dealkylation sites (tertiary alicyclic amines) is 1. The van der Waals surface area contributed by atoms with Crippen LogP contribution in [0.2, 0.25) is 0 Å². The van der Waals surface area contributed by atoms with Crippen molar-refractivity contribution in [2.24, 2.45) is 0 Å². The van der Waals surface area contributed by atoms with Gasteiger partial charge >= 0.3 is 0 Å². The van der Waals surface area contributed by atoms with E-state index in [4.69, 9.17) is 0 Å². The molecule has 2 aromatic carbocycles. The van der Waals surface area contributed by atoms with E-state index in [1.165, 1.54) is 6.92 Å². The number of carbonyl (C=O) groups excluding carboxylic acids is 1. The molecule has 30 heavy (non-hydrogen) atoms. The fourth-order valence-electron chi connectivity index (χ4n) is 3.89. The fraction of sp³-hybridized carbons (Fsp3) is 0.300. The van der Waals surface area contributed by atoms with Crippen LogP contribution in [0.4, 0.5) is 11.4 Å². The molecule has 1 saturated heterocycles. The number of aromatic nitrogens is 2. The number of amides is 1. The average molecular weight is 409 g/mol. The minimum Gasteiger partial charge on any atom is -0.342 e. The van der Waals surface area contributed by atoms with Gasteiger partial charge < -0.3 is 9.88 Å². The lowest BCUT2D eigenvalue weighted by Crippen LogP contribution is -2.38. The average Bonchev–Trinajstić information content (AvgIpc) is 3.17. The van der Waals surface area contributed by atoms with Crippen molar-refractivity contribution in [1.82, 2.24) is 14.9 Å². The third-order valence-corrected chi connectivity index (χ3v) is 5.57. The van der Waals surface area contributed by atoms with Gasteiger partial charge in [-0.2, -0.15) is 0 Å². The van der Waals surface area contributed by atoms with Gasteiger partial charge in [-0.15, -0.1) is 0 Å². The summed E-state index contributed by atoms with van der Waals surface area (Å²) in [6.07, 6.45) is 1.36. The highest BCUT2D eigenvalue weighted by atomic mass is 16.6. The molecular weight excluding hydrogens is 390 g/mol. The molecule has 0 atom stereocenters. The normalized spacial score (nSPS) is 14.8. The van der Waals surface area contributed by atoms with E-state index in [2.05, 4.69) is 9.97 Å². The molecule has 2 heterocycles. The summed E-state index contributed by atoms with van der Waals surface area (Å²) in [4.78, 5) is 43.6. The number of nitrogens with one attached hydrogen (secondary N) is 1. The number of nitro groups is 2. The molecular formula is C20H19N5O5. The zero-order chi connectivity index (χ0) is 21.4. The first kappa shape index (κ1) is 19.5. The van der Waals surface area contributed by atoms with Gasteiger partial charge in [-0.05, 0) is 31.9 Å². The number of carbonyl (C=O) groups is 1. The van der Waals surface area contributed by atoms with Crippen molar-refractivity contribution >= 4 is 28.3 Å². The Balaban J connectivity index is 1.53. The smallest absolute Gasteiger partial charge is 0.279 e. The van der Waals surface area contributed by atoms with Crippen molar-refractivity contribution in [3.8, 4) is 0 Å². The highest BCUT2D eigenvalue weighted by Crippen LogP contribution is 2.32. The lowest BCUT2D eigenvalue weighted by molar-refractivity contribution is -0.395. The molecule has 0 saturated carbocycles. The Labute approximate surface area is 170 Å². The fourth-order valence-corrected chi connectivity index (χ4v) is 3.89. The van der Waals surface area contributed by atoms with E-state index in [1.54, 1.807) is 4.90 Å². The quantitative estimate of drug-likeness (QED) is 0.515. The van der Waals surface area contributed by atoms with Crippen LogP contribution in [0.5, 0.6) is 0 Å². The number of hydrogen-bond acceptors (Lipinski definition) is 6. The molecule has 4 rings (SSSR count). The van der Waals surface area contributed by atoms with Crippen molar-refractivity contribution < 1.29 is 14.6 Å². The Morgan fingerprint density at radius 2 is 1.70 bits per heavy atom. The first-order valence-corrected chi connectivity index (χ1v) is 9.52. The maximum absolute atomic E-state index is 12.9. The third kappa shape index (κ3) is 3.47. The highest BCUT2D eigenvalue weighted by molar-refractivity contribution is 5.96. The molecule has 0 bridgehead atoms. The number of piperidine rings is 1. The summed E-state index contributed by atoms with van der Waals surface area (Å²) in [6, 6.07) is 10.00. The van der Waals surface area contributed by atoms with Gasteiger partial charge in [0.05, 0.1) is 26.4 Å². The number of hydrogen-bond donors (Lipinski definition) is 1. The van der Waals surface area contributed by atoms with E-state index in [0.717, 1.165) is 29.0 Å². The zero-order valence-electron chi connectivity index (χ0n) is 16.2. The summed E-state index contributed by atoms with van der Waals surface area (Å²) >= 11 is 0. The van der Waals surface area contributed by atoms with Gasteiger partial charge in [-0.3, -0.25) is 25.0 Å². The van der Waals surface area contributed by atoms with Crippen molar-refractivity contribution in [2.75, 3.05) is 13.1 Å². The Morgan fingerprint density at radius 1 is 1.10 bits per heavy atom. The lowest BCUT2D eigenvalue weighted by Gasteiger charge is -2.31. The van der Waals surface area contributed by atoms with E-state index in [0.29, 0.717) is 25.9 Å². The molecule has 1 N–H and O–H groups in total. The van der Waals surface area contributed by atoms with Crippen LogP contribution in [0.3, 0.4) is 0 Å². The van der Waals surface area contributed by atoms with Crippen LogP contribution in [-0.2, 0) is 0 Å². The van der Waals surface area contributed by atoms with E-state index in [9.17, 15) is 25.0 Å². The van der Waals surface area contributed by atoms with E-state index >= 15 is 0 Å². The van der Waals surface area contributed by atoms with Gasteiger partial charge in [0.25, 0.3) is 17.3 Å². The van der Waals surface area contributed by atoms with Crippen LogP contribution in [0.1, 0.15) is 40.5 Å². The number of H-pyrrole nitrogens is 1. The third-order valence-electron chi connectivity index (χ3n) is 5.57. The van der Waals surface area contributed by atoms with Crippen LogP contribution in [0, 0.1) is 27.2 Å². The van der Waals surface area contributed by atoms with Crippen molar-refractivity contribution in [3.05, 3.63) is 73.6 Å². The van der Waals surface area contributed by atoms with Crippen LogP contribution in [0.15, 0.2) is 36.4 Å². The Morgan fingerprint density at radius 3 is 2.27 bits per heavy atom. The van der Waals surface area contributed by atoms with E-state index < -0.39 is 27.1 Å². The number of rotatable bonds is 4. The summed E-state index contributed by atoms with van der Waals surface area (Å²) in [5.74, 6) is 0.609. The maximum atomic E-state index is 12.9. The van der Waals surface area contributed by atoms with Crippen LogP contribution in [0.25, 0.3) is 11.0 Å². The zero-order valence-corrected chi connectivity index (χ0v) is 16.2. The van der Waals surface area contributed by atoms with Crippen molar-refractivity contribution in [1.29, 1.82) is 0 Å². The molecule has 10 heteroatoms. The number of para-hydroxylation sites is 2. The van der Waals surface area contributed by atoms with Crippen LogP contribution < -0.4 is 0 Å². The molecule has 0 radical (unpaired) electrons. The molecule has 1 aromatic heterocycles.